The van der Waals surface area contributed by atoms with Crippen molar-refractivity contribution >= 4 is 16.6 Å². The van der Waals surface area contributed by atoms with Crippen LogP contribution < -0.4 is 20.5 Å². The van der Waals surface area contributed by atoms with Gasteiger partial charge in [-0.2, -0.15) is 0 Å². The third kappa shape index (κ3) is 3.19. The van der Waals surface area contributed by atoms with Crippen LogP contribution in [0.2, 0.25) is 0 Å². The van der Waals surface area contributed by atoms with Crippen LogP contribution in [0, 0.1) is 5.92 Å². The van der Waals surface area contributed by atoms with E-state index in [9.17, 15) is 0 Å². The number of nitrogens with zero attached hydrogens (tertiary/aromatic N) is 1. The molecule has 5 nitrogen and oxygen atoms in total. The Balaban J connectivity index is 2.45. The quantitative estimate of drug-likeness (QED) is 0.855. The molecule has 3 N–H and O–H groups in total. The normalized spacial score (nSPS) is 13.8. The topological polar surface area (TPSA) is 69.4 Å². The summed E-state index contributed by atoms with van der Waals surface area (Å²) < 4.78 is 10.7. The summed E-state index contributed by atoms with van der Waals surface area (Å²) >= 11 is 0. The van der Waals surface area contributed by atoms with E-state index in [4.69, 9.17) is 15.2 Å². The molecule has 1 aromatic carbocycles. The highest BCUT2D eigenvalue weighted by Crippen LogP contribution is 2.34. The van der Waals surface area contributed by atoms with Gasteiger partial charge in [-0.15, -0.1) is 0 Å². The monoisotopic (exact) mass is 289 g/mol. The Bertz CT molecular complexity index is 616. The molecule has 0 aliphatic heterocycles. The molecule has 2 atom stereocenters. The Morgan fingerprint density at radius 2 is 1.86 bits per heavy atom. The Hall–Kier alpha value is -2.01. The van der Waals surface area contributed by atoms with Crippen molar-refractivity contribution in [2.45, 2.75) is 19.9 Å². The molecule has 1 heterocycles. The van der Waals surface area contributed by atoms with Gasteiger partial charge < -0.3 is 20.5 Å². The highest BCUT2D eigenvalue weighted by molar-refractivity contribution is 5.94. The molecular formula is C16H23N3O2. The third-order valence-corrected chi connectivity index (χ3v) is 3.86. The lowest BCUT2D eigenvalue weighted by atomic mass is 10.0. The van der Waals surface area contributed by atoms with Gasteiger partial charge in [0.2, 0.25) is 0 Å². The minimum absolute atomic E-state index is 0.237. The molecule has 0 aliphatic carbocycles. The Labute approximate surface area is 125 Å². The highest BCUT2D eigenvalue weighted by atomic mass is 16.5. The molecule has 2 rings (SSSR count). The van der Waals surface area contributed by atoms with Gasteiger partial charge in [0, 0.05) is 17.6 Å². The molecular weight excluding hydrogens is 266 g/mol. The molecule has 0 saturated heterocycles. The van der Waals surface area contributed by atoms with Crippen molar-refractivity contribution in [3.05, 3.63) is 24.4 Å². The maximum absolute atomic E-state index is 5.73. The van der Waals surface area contributed by atoms with Crippen molar-refractivity contribution in [2.75, 3.05) is 26.1 Å². The lowest BCUT2D eigenvalue weighted by Crippen LogP contribution is -2.29. The van der Waals surface area contributed by atoms with Crippen molar-refractivity contribution in [1.29, 1.82) is 0 Å². The summed E-state index contributed by atoms with van der Waals surface area (Å²) in [5, 5.41) is 5.50. The lowest BCUT2D eigenvalue weighted by molar-refractivity contribution is 0.356. The van der Waals surface area contributed by atoms with Gasteiger partial charge in [0.05, 0.1) is 14.2 Å². The standard InChI is InChI=1S/C16H23N3O2/c1-10(9-17)11(2)19-16-13-8-15(21-4)14(20-3)7-12(13)5-6-18-16/h5-8,10-11H,9,17H2,1-4H3,(H,18,19). The molecule has 2 unspecified atom stereocenters. The molecule has 2 aromatic rings. The van der Waals surface area contributed by atoms with E-state index in [-0.39, 0.29) is 6.04 Å². The zero-order valence-electron chi connectivity index (χ0n) is 13.0. The Morgan fingerprint density at radius 3 is 2.48 bits per heavy atom. The summed E-state index contributed by atoms with van der Waals surface area (Å²) in [6.07, 6.45) is 1.79. The maximum atomic E-state index is 5.73. The first-order valence-electron chi connectivity index (χ1n) is 7.08. The number of nitrogens with two attached hydrogens (primary N) is 1. The Kier molecular flexibility index (Phi) is 4.85. The molecule has 114 valence electrons. The van der Waals surface area contributed by atoms with Gasteiger partial charge in [-0.05, 0) is 43.0 Å². The second-order valence-corrected chi connectivity index (χ2v) is 5.23. The van der Waals surface area contributed by atoms with Crippen LogP contribution in [0.5, 0.6) is 11.5 Å². The van der Waals surface area contributed by atoms with E-state index in [0.29, 0.717) is 24.0 Å². The zero-order chi connectivity index (χ0) is 15.4. The number of nitrogens with one attached hydrogen (secondary N) is 1. The van der Waals surface area contributed by atoms with Gasteiger partial charge in [-0.3, -0.25) is 0 Å². The van der Waals surface area contributed by atoms with E-state index in [1.165, 1.54) is 0 Å². The number of pyridine rings is 1. The van der Waals surface area contributed by atoms with E-state index >= 15 is 0 Å². The summed E-state index contributed by atoms with van der Waals surface area (Å²) in [6.45, 7) is 4.86. The van der Waals surface area contributed by atoms with Gasteiger partial charge in [0.1, 0.15) is 5.82 Å². The predicted molar refractivity (Wildman–Crippen MR) is 86.2 cm³/mol. The summed E-state index contributed by atoms with van der Waals surface area (Å²) in [6, 6.07) is 6.10. The second-order valence-electron chi connectivity index (χ2n) is 5.23. The molecule has 21 heavy (non-hydrogen) atoms. The molecule has 0 spiro atoms. The van der Waals surface area contributed by atoms with Crippen LogP contribution in [0.1, 0.15) is 13.8 Å². The molecule has 0 amide bonds. The number of hydrogen-bond acceptors (Lipinski definition) is 5. The molecule has 1 aromatic heterocycles. The molecule has 0 aliphatic rings. The fourth-order valence-electron chi connectivity index (χ4n) is 2.18. The van der Waals surface area contributed by atoms with E-state index in [1.54, 1.807) is 20.4 Å². The summed E-state index contributed by atoms with van der Waals surface area (Å²) in [5.41, 5.74) is 5.73. The number of hydrogen-bond donors (Lipinski definition) is 2. The first kappa shape index (κ1) is 15.4. The van der Waals surface area contributed by atoms with Gasteiger partial charge in [-0.1, -0.05) is 6.92 Å². The molecule has 5 heteroatoms. The summed E-state index contributed by atoms with van der Waals surface area (Å²) in [5.74, 6) is 2.61. The predicted octanol–water partition coefficient (Wildman–Crippen LogP) is 2.65. The summed E-state index contributed by atoms with van der Waals surface area (Å²) in [4.78, 5) is 4.45. The van der Waals surface area contributed by atoms with E-state index < -0.39 is 0 Å². The largest absolute Gasteiger partial charge is 0.493 e. The van der Waals surface area contributed by atoms with Crippen LogP contribution >= 0.6 is 0 Å². The lowest BCUT2D eigenvalue weighted by Gasteiger charge is -2.21. The number of aromatic nitrogens is 1. The highest BCUT2D eigenvalue weighted by Gasteiger charge is 2.14. The second kappa shape index (κ2) is 6.63. The number of ether oxygens (including phenoxy) is 2. The minimum atomic E-state index is 0.237. The van der Waals surface area contributed by atoms with Crippen LogP contribution in [0.25, 0.3) is 10.8 Å². The van der Waals surface area contributed by atoms with Crippen molar-refractivity contribution in [1.82, 2.24) is 4.98 Å². The smallest absolute Gasteiger partial charge is 0.161 e. The fourth-order valence-corrected chi connectivity index (χ4v) is 2.18. The molecule has 0 bridgehead atoms. The third-order valence-electron chi connectivity index (χ3n) is 3.86. The van der Waals surface area contributed by atoms with Gasteiger partial charge >= 0.3 is 0 Å². The molecule has 0 fully saturated rings. The van der Waals surface area contributed by atoms with Crippen LogP contribution in [-0.2, 0) is 0 Å². The first-order valence-corrected chi connectivity index (χ1v) is 7.08. The number of methoxy groups -OCH3 is 2. The Morgan fingerprint density at radius 1 is 1.19 bits per heavy atom. The van der Waals surface area contributed by atoms with Gasteiger partial charge in [-0.25, -0.2) is 4.98 Å². The van der Waals surface area contributed by atoms with Crippen LogP contribution in [-0.4, -0.2) is 31.8 Å². The van der Waals surface area contributed by atoms with E-state index in [0.717, 1.165) is 16.6 Å². The minimum Gasteiger partial charge on any atom is -0.493 e. The average Bonchev–Trinajstić information content (AvgIpc) is 2.52. The number of fused-ring (bicyclic) bond motifs is 1. The SMILES string of the molecule is COc1cc2ccnc(NC(C)C(C)CN)c2cc1OC. The average molecular weight is 289 g/mol. The van der Waals surface area contributed by atoms with Crippen LogP contribution in [0.4, 0.5) is 5.82 Å². The first-order chi connectivity index (χ1) is 10.1. The summed E-state index contributed by atoms with van der Waals surface area (Å²) in [7, 11) is 3.27. The number of benzene rings is 1. The van der Waals surface area contributed by atoms with Crippen molar-refractivity contribution in [3.63, 3.8) is 0 Å². The fraction of sp³-hybridized carbons (Fsp3) is 0.438. The van der Waals surface area contributed by atoms with Gasteiger partial charge in [0.25, 0.3) is 0 Å². The van der Waals surface area contributed by atoms with Crippen molar-refractivity contribution in [3.8, 4) is 11.5 Å². The van der Waals surface area contributed by atoms with Gasteiger partial charge in [0.15, 0.2) is 11.5 Å². The van der Waals surface area contributed by atoms with E-state index in [1.807, 2.05) is 18.2 Å². The molecule has 0 saturated carbocycles. The van der Waals surface area contributed by atoms with Crippen LogP contribution in [0.3, 0.4) is 0 Å². The molecule has 0 radical (unpaired) electrons. The van der Waals surface area contributed by atoms with Crippen molar-refractivity contribution in [2.24, 2.45) is 11.7 Å². The number of rotatable bonds is 6. The zero-order valence-corrected chi connectivity index (χ0v) is 13.0. The van der Waals surface area contributed by atoms with Crippen molar-refractivity contribution < 1.29 is 9.47 Å². The maximum Gasteiger partial charge on any atom is 0.161 e. The van der Waals surface area contributed by atoms with Crippen LogP contribution in [0.15, 0.2) is 24.4 Å². The number of anilines is 1. The van der Waals surface area contributed by atoms with E-state index in [2.05, 4.69) is 24.1 Å².